The van der Waals surface area contributed by atoms with Crippen LogP contribution in [0.3, 0.4) is 0 Å². The molecule has 0 aliphatic rings. The van der Waals surface area contributed by atoms with Gasteiger partial charge >= 0.3 is 5.97 Å². The van der Waals surface area contributed by atoms with Crippen LogP contribution in [-0.2, 0) is 47.9 Å². The van der Waals surface area contributed by atoms with Crippen molar-refractivity contribution in [2.75, 3.05) is 26.3 Å². The molecule has 0 saturated heterocycles. The van der Waals surface area contributed by atoms with Gasteiger partial charge in [0.15, 0.2) is 0 Å². The molecule has 0 unspecified atom stereocenters. The maximum atomic E-state index is 13.3. The van der Waals surface area contributed by atoms with Crippen LogP contribution in [0.15, 0.2) is 0 Å². The number of carboxylic acid groups (broad SMARTS) is 1. The number of aliphatic hydroxyl groups excluding tert-OH is 3. The van der Waals surface area contributed by atoms with Crippen molar-refractivity contribution in [2.45, 2.75) is 103 Å². The summed E-state index contributed by atoms with van der Waals surface area (Å²) in [4.78, 5) is 124. The summed E-state index contributed by atoms with van der Waals surface area (Å²) in [6.07, 6.45) is -2.65. The van der Waals surface area contributed by atoms with Gasteiger partial charge in [0.25, 0.3) is 0 Å². The summed E-state index contributed by atoms with van der Waals surface area (Å²) in [5.41, 5.74) is 5.05. The van der Waals surface area contributed by atoms with Crippen molar-refractivity contribution in [1.29, 1.82) is 0 Å². The normalized spacial score (nSPS) is 14.7. The topological polar surface area (TPSA) is 374 Å². The van der Waals surface area contributed by atoms with Gasteiger partial charge in [-0.3, -0.25) is 47.9 Å². The standard InChI is InChI=1S/C32H55N9O14/c1-14(2)7-18(28(51)35-11-24(47)37-21(12-42)27(33)50)38-31(54)22(13-43)40-32(55)26(16(5)44)41-30(53)20(9-25(48)49)39-29(52)19(8-15(3)4)36-23(46)10-34-17(6)45/h14-16,18-22,26,42-44H,7-13H2,1-6H3,(H2,33,50)(H,34,45)(H,35,51)(H,36,46)(H,37,47)(H,38,54)(H,39,52)(H,40,55)(H,41,53)(H,48,49)/t16-,18+,19+,20+,21+,22+,26+/m1/s1. The van der Waals surface area contributed by atoms with E-state index in [0.717, 1.165) is 6.92 Å². The minimum absolute atomic E-state index is 0.00584. The molecule has 23 heteroatoms. The van der Waals surface area contributed by atoms with Crippen molar-refractivity contribution in [3.05, 3.63) is 0 Å². The molecular weight excluding hydrogens is 734 g/mol. The summed E-state index contributed by atoms with van der Waals surface area (Å²) >= 11 is 0. The first-order valence-corrected chi connectivity index (χ1v) is 17.3. The van der Waals surface area contributed by atoms with Gasteiger partial charge < -0.3 is 68.7 Å². The third-order valence-corrected chi connectivity index (χ3v) is 7.37. The molecule has 0 radical (unpaired) electrons. The molecule has 23 nitrogen and oxygen atoms in total. The lowest BCUT2D eigenvalue weighted by molar-refractivity contribution is -0.142. The van der Waals surface area contributed by atoms with E-state index in [-0.39, 0.29) is 24.7 Å². The SMILES string of the molecule is CC(=O)NCC(=O)N[C@@H](CC(C)C)C(=O)N[C@@H](CC(=O)O)C(=O)N[C@H](C(=O)N[C@@H](CO)C(=O)N[C@@H](CC(C)C)C(=O)NCC(=O)N[C@@H](CO)C(N)=O)[C@@H](C)O. The van der Waals surface area contributed by atoms with Gasteiger partial charge in [0.2, 0.25) is 53.2 Å². The third kappa shape index (κ3) is 20.0. The largest absolute Gasteiger partial charge is 0.481 e. The molecule has 0 aliphatic carbocycles. The number of nitrogens with two attached hydrogens (primary N) is 1. The Kier molecular flexibility index (Phi) is 22.4. The van der Waals surface area contributed by atoms with E-state index in [4.69, 9.17) is 10.8 Å². The lowest BCUT2D eigenvalue weighted by Gasteiger charge is -2.28. The molecule has 7 atom stereocenters. The maximum Gasteiger partial charge on any atom is 0.305 e. The number of aliphatic carboxylic acids is 1. The Morgan fingerprint density at radius 3 is 1.40 bits per heavy atom. The van der Waals surface area contributed by atoms with E-state index in [1.54, 1.807) is 27.7 Å². The number of amides is 9. The van der Waals surface area contributed by atoms with Crippen LogP contribution in [0, 0.1) is 11.8 Å². The van der Waals surface area contributed by atoms with Crippen LogP contribution in [0.2, 0.25) is 0 Å². The summed E-state index contributed by atoms with van der Waals surface area (Å²) in [6.45, 7) is 6.09. The Hall–Kier alpha value is -5.42. The molecule has 14 N–H and O–H groups in total. The van der Waals surface area contributed by atoms with Gasteiger partial charge in [0.1, 0.15) is 36.3 Å². The maximum absolute atomic E-state index is 13.3. The Labute approximate surface area is 317 Å². The smallest absolute Gasteiger partial charge is 0.305 e. The lowest BCUT2D eigenvalue weighted by atomic mass is 10.0. The molecule has 0 heterocycles. The number of carbonyl (C=O) groups excluding carboxylic acids is 9. The molecule has 0 aromatic rings. The fraction of sp³-hybridized carbons (Fsp3) is 0.688. The van der Waals surface area contributed by atoms with Crippen molar-refractivity contribution in [3.8, 4) is 0 Å². The zero-order valence-corrected chi connectivity index (χ0v) is 31.6. The summed E-state index contributed by atoms with van der Waals surface area (Å²) in [7, 11) is 0. The van der Waals surface area contributed by atoms with Crippen LogP contribution >= 0.6 is 0 Å². The number of rotatable bonds is 25. The molecule has 9 amide bonds. The lowest BCUT2D eigenvalue weighted by Crippen LogP contribution is -2.62. The Balaban J connectivity index is 5.90. The first kappa shape index (κ1) is 49.6. The first-order valence-electron chi connectivity index (χ1n) is 17.3. The van der Waals surface area contributed by atoms with E-state index in [0.29, 0.717) is 0 Å². The average Bonchev–Trinajstić information content (AvgIpc) is 3.07. The number of carboxylic acids is 1. The van der Waals surface area contributed by atoms with Gasteiger partial charge in [-0.1, -0.05) is 27.7 Å². The van der Waals surface area contributed by atoms with Crippen LogP contribution in [0.1, 0.15) is 60.8 Å². The van der Waals surface area contributed by atoms with Gasteiger partial charge in [-0.2, -0.15) is 0 Å². The summed E-state index contributed by atoms with van der Waals surface area (Å²) in [5.74, 6) is -10.6. The molecule has 0 aliphatic heterocycles. The molecular formula is C32H55N9O14. The molecule has 0 fully saturated rings. The van der Waals surface area contributed by atoms with E-state index >= 15 is 0 Å². The first-order chi connectivity index (χ1) is 25.5. The fourth-order valence-corrected chi connectivity index (χ4v) is 4.64. The average molecular weight is 790 g/mol. The monoisotopic (exact) mass is 789 g/mol. The van der Waals surface area contributed by atoms with Gasteiger partial charge in [-0.05, 0) is 31.6 Å². The molecule has 55 heavy (non-hydrogen) atoms. The van der Waals surface area contributed by atoms with E-state index in [1.807, 2.05) is 0 Å². The van der Waals surface area contributed by atoms with Crippen molar-refractivity contribution in [3.63, 3.8) is 0 Å². The molecule has 312 valence electrons. The van der Waals surface area contributed by atoms with Crippen LogP contribution < -0.4 is 48.3 Å². The zero-order valence-electron chi connectivity index (χ0n) is 31.6. The van der Waals surface area contributed by atoms with Gasteiger partial charge in [0, 0.05) is 6.92 Å². The Morgan fingerprint density at radius 2 is 0.964 bits per heavy atom. The molecule has 0 rings (SSSR count). The summed E-state index contributed by atoms with van der Waals surface area (Å²) in [5, 5.41) is 56.7. The minimum atomic E-state index is -1.89. The molecule has 0 spiro atoms. The molecule has 0 bridgehead atoms. The molecule has 0 aromatic carbocycles. The zero-order chi connectivity index (χ0) is 42.6. The van der Waals surface area contributed by atoms with E-state index in [2.05, 4.69) is 42.5 Å². The minimum Gasteiger partial charge on any atom is -0.481 e. The van der Waals surface area contributed by atoms with E-state index in [9.17, 15) is 63.3 Å². The number of primary amides is 1. The summed E-state index contributed by atoms with van der Waals surface area (Å²) in [6, 6.07) is -9.51. The second-order valence-electron chi connectivity index (χ2n) is 13.4. The fourth-order valence-electron chi connectivity index (χ4n) is 4.64. The van der Waals surface area contributed by atoms with Crippen molar-refractivity contribution >= 4 is 59.1 Å². The van der Waals surface area contributed by atoms with Crippen molar-refractivity contribution in [2.24, 2.45) is 17.6 Å². The highest BCUT2D eigenvalue weighted by molar-refractivity contribution is 5.98. The van der Waals surface area contributed by atoms with Crippen LogP contribution in [0.5, 0.6) is 0 Å². The number of hydrogen-bond donors (Lipinski definition) is 13. The van der Waals surface area contributed by atoms with Crippen LogP contribution in [-0.4, -0.2) is 148 Å². The summed E-state index contributed by atoms with van der Waals surface area (Å²) < 4.78 is 0. The predicted octanol–water partition coefficient (Wildman–Crippen LogP) is -6.43. The Bertz CT molecular complexity index is 1390. The van der Waals surface area contributed by atoms with Gasteiger partial charge in [-0.15, -0.1) is 0 Å². The highest BCUT2D eigenvalue weighted by atomic mass is 16.4. The second-order valence-corrected chi connectivity index (χ2v) is 13.4. The molecule has 0 aromatic heterocycles. The van der Waals surface area contributed by atoms with Crippen molar-refractivity contribution in [1.82, 2.24) is 42.5 Å². The number of carbonyl (C=O) groups is 10. The van der Waals surface area contributed by atoms with Crippen molar-refractivity contribution < 1.29 is 68.4 Å². The highest BCUT2D eigenvalue weighted by Gasteiger charge is 2.35. The van der Waals surface area contributed by atoms with E-state index < -0.39 is 134 Å². The highest BCUT2D eigenvalue weighted by Crippen LogP contribution is 2.08. The van der Waals surface area contributed by atoms with Crippen LogP contribution in [0.25, 0.3) is 0 Å². The Morgan fingerprint density at radius 1 is 0.545 bits per heavy atom. The third-order valence-electron chi connectivity index (χ3n) is 7.37. The predicted molar refractivity (Wildman–Crippen MR) is 189 cm³/mol. The number of hydrogen-bond acceptors (Lipinski definition) is 13. The number of aliphatic hydroxyl groups is 3. The second kappa shape index (κ2) is 24.8. The van der Waals surface area contributed by atoms with E-state index in [1.165, 1.54) is 6.92 Å². The van der Waals surface area contributed by atoms with Gasteiger partial charge in [0.05, 0.1) is 38.8 Å². The van der Waals surface area contributed by atoms with Gasteiger partial charge in [-0.25, -0.2) is 0 Å². The molecule has 0 saturated carbocycles. The number of nitrogens with one attached hydrogen (secondary N) is 8. The van der Waals surface area contributed by atoms with Crippen LogP contribution in [0.4, 0.5) is 0 Å². The quantitative estimate of drug-likeness (QED) is 0.0409.